The summed E-state index contributed by atoms with van der Waals surface area (Å²) in [6.45, 7) is 13.7. The molecule has 4 aromatic heterocycles. The number of likely N-dealkylation sites (tertiary alicyclic amines) is 1. The summed E-state index contributed by atoms with van der Waals surface area (Å²) in [6, 6.07) is 2.01. The van der Waals surface area contributed by atoms with Gasteiger partial charge in [0, 0.05) is 30.5 Å². The number of carbonyl (C=O) groups excluding carboxylic acids is 2. The van der Waals surface area contributed by atoms with Crippen LogP contribution in [0.4, 0.5) is 11.4 Å². The van der Waals surface area contributed by atoms with Crippen molar-refractivity contribution in [1.82, 2.24) is 29.3 Å². The topological polar surface area (TPSA) is 119 Å². The highest BCUT2D eigenvalue weighted by Crippen LogP contribution is 2.36. The summed E-state index contributed by atoms with van der Waals surface area (Å²) in [5, 5.41) is 15.0. The lowest BCUT2D eigenvalue weighted by Gasteiger charge is -2.45. The number of fused-ring (bicyclic) bond motifs is 1. The molecule has 4 aromatic rings. The van der Waals surface area contributed by atoms with Crippen LogP contribution in [0.25, 0.3) is 15.3 Å². The number of nitrogens with one attached hydrogen (secondary N) is 2. The standard InChI is InChI=1S/C27H32N8O3S/c1-15-21(6-18(7-28-15)30-23(36)10-33-13-27(4,5)14-33)31-25(37)20-8-29-34-9-22(39-26(20)34)24-16(2)32-35(17(24)3)19-11-38-12-19/h6-9,19H,10-14H2,1-5H3,(H,30,36)(H,31,37). The van der Waals surface area contributed by atoms with E-state index in [0.717, 1.165) is 39.7 Å². The number of anilines is 2. The molecular weight excluding hydrogens is 516 g/mol. The van der Waals surface area contributed by atoms with Gasteiger partial charge in [-0.25, -0.2) is 4.52 Å². The normalized spacial score (nSPS) is 17.2. The number of amides is 2. The highest BCUT2D eigenvalue weighted by Gasteiger charge is 2.34. The summed E-state index contributed by atoms with van der Waals surface area (Å²) in [6.07, 6.45) is 5.12. The van der Waals surface area contributed by atoms with Crippen molar-refractivity contribution < 1.29 is 14.3 Å². The fourth-order valence-electron chi connectivity index (χ4n) is 5.39. The first-order valence-electron chi connectivity index (χ1n) is 13.0. The van der Waals surface area contributed by atoms with Gasteiger partial charge in [-0.15, -0.1) is 11.3 Å². The second-order valence-electron chi connectivity index (χ2n) is 11.3. The van der Waals surface area contributed by atoms with Crippen LogP contribution in [-0.2, 0) is 9.53 Å². The van der Waals surface area contributed by atoms with Crippen molar-refractivity contribution in [3.8, 4) is 10.4 Å². The van der Waals surface area contributed by atoms with Crippen LogP contribution in [0.15, 0.2) is 24.7 Å². The zero-order valence-corrected chi connectivity index (χ0v) is 23.6. The number of aromatic nitrogens is 5. The molecule has 2 fully saturated rings. The Morgan fingerprint density at radius 3 is 2.59 bits per heavy atom. The van der Waals surface area contributed by atoms with E-state index in [-0.39, 0.29) is 23.3 Å². The molecule has 39 heavy (non-hydrogen) atoms. The van der Waals surface area contributed by atoms with Gasteiger partial charge < -0.3 is 15.4 Å². The molecule has 0 aliphatic carbocycles. The molecule has 0 aromatic carbocycles. The summed E-state index contributed by atoms with van der Waals surface area (Å²) in [5.74, 6) is -0.387. The van der Waals surface area contributed by atoms with Gasteiger partial charge in [-0.2, -0.15) is 10.2 Å². The van der Waals surface area contributed by atoms with E-state index in [1.165, 1.54) is 11.3 Å². The van der Waals surface area contributed by atoms with Gasteiger partial charge in [0.2, 0.25) is 5.91 Å². The molecule has 0 saturated carbocycles. The highest BCUT2D eigenvalue weighted by molar-refractivity contribution is 7.21. The van der Waals surface area contributed by atoms with Gasteiger partial charge in [-0.05, 0) is 32.3 Å². The van der Waals surface area contributed by atoms with E-state index in [4.69, 9.17) is 9.84 Å². The molecule has 2 N–H and O–H groups in total. The van der Waals surface area contributed by atoms with Gasteiger partial charge in [0.05, 0.1) is 71.4 Å². The third-order valence-electron chi connectivity index (χ3n) is 7.27. The summed E-state index contributed by atoms with van der Waals surface area (Å²) in [4.78, 5) is 34.1. The minimum Gasteiger partial charge on any atom is -0.377 e. The van der Waals surface area contributed by atoms with Crippen LogP contribution in [0.1, 0.15) is 47.3 Å². The van der Waals surface area contributed by atoms with Crippen molar-refractivity contribution in [2.45, 2.75) is 40.7 Å². The quantitative estimate of drug-likeness (QED) is 0.362. The van der Waals surface area contributed by atoms with E-state index in [0.29, 0.717) is 42.4 Å². The summed E-state index contributed by atoms with van der Waals surface area (Å²) >= 11 is 1.51. The van der Waals surface area contributed by atoms with Crippen LogP contribution in [0, 0.1) is 26.2 Å². The molecule has 0 bridgehead atoms. The van der Waals surface area contributed by atoms with Gasteiger partial charge in [0.25, 0.3) is 5.91 Å². The highest BCUT2D eigenvalue weighted by atomic mass is 32.1. The zero-order valence-electron chi connectivity index (χ0n) is 22.7. The molecule has 12 heteroatoms. The van der Waals surface area contributed by atoms with Crippen molar-refractivity contribution >= 4 is 39.4 Å². The molecular formula is C27H32N8O3S. The van der Waals surface area contributed by atoms with Crippen LogP contribution in [0.2, 0.25) is 0 Å². The number of carbonyl (C=O) groups is 2. The Kier molecular flexibility index (Phi) is 6.28. The molecule has 0 unspecified atom stereocenters. The summed E-state index contributed by atoms with van der Waals surface area (Å²) in [7, 11) is 0. The number of hydrogen-bond acceptors (Lipinski definition) is 8. The predicted octanol–water partition coefficient (Wildman–Crippen LogP) is 3.68. The van der Waals surface area contributed by atoms with Crippen LogP contribution < -0.4 is 10.6 Å². The molecule has 2 aliphatic rings. The first-order valence-corrected chi connectivity index (χ1v) is 13.8. The van der Waals surface area contributed by atoms with Crippen LogP contribution in [0.5, 0.6) is 0 Å². The number of thiazole rings is 1. The van der Waals surface area contributed by atoms with E-state index in [1.54, 1.807) is 23.0 Å². The monoisotopic (exact) mass is 548 g/mol. The van der Waals surface area contributed by atoms with Crippen LogP contribution in [0.3, 0.4) is 0 Å². The number of rotatable bonds is 7. The van der Waals surface area contributed by atoms with E-state index < -0.39 is 0 Å². The number of aryl methyl sites for hydroxylation is 2. The van der Waals surface area contributed by atoms with E-state index in [2.05, 4.69) is 46.4 Å². The zero-order chi connectivity index (χ0) is 27.5. The lowest BCUT2D eigenvalue weighted by Crippen LogP contribution is -2.54. The average molecular weight is 549 g/mol. The lowest BCUT2D eigenvalue weighted by atomic mass is 9.84. The fourth-order valence-corrected chi connectivity index (χ4v) is 6.60. The van der Waals surface area contributed by atoms with Crippen molar-refractivity contribution in [3.63, 3.8) is 0 Å². The van der Waals surface area contributed by atoms with Gasteiger partial charge in [0.1, 0.15) is 4.83 Å². The van der Waals surface area contributed by atoms with E-state index in [1.807, 2.05) is 24.7 Å². The van der Waals surface area contributed by atoms with E-state index in [9.17, 15) is 9.59 Å². The maximum absolute atomic E-state index is 13.3. The molecule has 0 atom stereocenters. The summed E-state index contributed by atoms with van der Waals surface area (Å²) < 4.78 is 9.12. The Hall–Kier alpha value is -3.61. The number of nitrogens with zero attached hydrogens (tertiary/aromatic N) is 6. The third-order valence-corrected chi connectivity index (χ3v) is 8.40. The first-order chi connectivity index (χ1) is 18.6. The number of pyridine rings is 1. The second kappa shape index (κ2) is 9.54. The number of hydrogen-bond donors (Lipinski definition) is 2. The lowest BCUT2D eigenvalue weighted by molar-refractivity contribution is -0.120. The first kappa shape index (κ1) is 25.7. The Bertz CT molecular complexity index is 1590. The predicted molar refractivity (Wildman–Crippen MR) is 149 cm³/mol. The maximum Gasteiger partial charge on any atom is 0.260 e. The SMILES string of the molecule is Cc1ncc(NC(=O)CN2CC(C)(C)C2)cc1NC(=O)c1cnn2cc(-c3c(C)nn(C4COC4)c3C)sc12. The molecule has 2 aliphatic heterocycles. The second-order valence-corrected chi connectivity index (χ2v) is 12.3. The van der Waals surface area contributed by atoms with Crippen molar-refractivity contribution in [2.75, 3.05) is 43.5 Å². The molecule has 2 amide bonds. The van der Waals surface area contributed by atoms with Gasteiger partial charge >= 0.3 is 0 Å². The van der Waals surface area contributed by atoms with Gasteiger partial charge in [0.15, 0.2) is 0 Å². The van der Waals surface area contributed by atoms with Crippen LogP contribution >= 0.6 is 11.3 Å². The van der Waals surface area contributed by atoms with Crippen molar-refractivity contribution in [3.05, 3.63) is 47.3 Å². The third kappa shape index (κ3) is 4.83. The smallest absolute Gasteiger partial charge is 0.260 e. The van der Waals surface area contributed by atoms with Crippen LogP contribution in [-0.4, -0.2) is 73.9 Å². The number of ether oxygens (including phenoxy) is 1. The average Bonchev–Trinajstić information content (AvgIpc) is 3.46. The van der Waals surface area contributed by atoms with E-state index >= 15 is 0 Å². The fraction of sp³-hybridized carbons (Fsp3) is 0.444. The molecule has 6 rings (SSSR count). The maximum atomic E-state index is 13.3. The minimum atomic E-state index is -0.287. The Morgan fingerprint density at radius 2 is 1.90 bits per heavy atom. The largest absolute Gasteiger partial charge is 0.377 e. The van der Waals surface area contributed by atoms with Gasteiger partial charge in [-0.3, -0.25) is 24.2 Å². The molecule has 0 spiro atoms. The Labute approximate surface area is 230 Å². The molecule has 204 valence electrons. The molecule has 11 nitrogen and oxygen atoms in total. The molecule has 2 saturated heterocycles. The Balaban J connectivity index is 1.18. The summed E-state index contributed by atoms with van der Waals surface area (Å²) in [5.41, 5.74) is 5.54. The van der Waals surface area contributed by atoms with Gasteiger partial charge in [-0.1, -0.05) is 13.8 Å². The molecule has 6 heterocycles. The van der Waals surface area contributed by atoms with Crippen molar-refractivity contribution in [1.29, 1.82) is 0 Å². The molecule has 0 radical (unpaired) electrons. The Morgan fingerprint density at radius 1 is 1.13 bits per heavy atom. The minimum absolute atomic E-state index is 0.100. The van der Waals surface area contributed by atoms with Crippen molar-refractivity contribution in [2.24, 2.45) is 5.41 Å².